The summed E-state index contributed by atoms with van der Waals surface area (Å²) in [5.74, 6) is 1.20. The van der Waals surface area contributed by atoms with Crippen molar-refractivity contribution >= 4 is 0 Å². The molecule has 0 radical (unpaired) electrons. The van der Waals surface area contributed by atoms with Gasteiger partial charge in [-0.2, -0.15) is 0 Å². The maximum absolute atomic E-state index is 6.39. The molecule has 0 amide bonds. The Morgan fingerprint density at radius 3 is 2.29 bits per heavy atom. The lowest BCUT2D eigenvalue weighted by molar-refractivity contribution is 0.0175. The van der Waals surface area contributed by atoms with Gasteiger partial charge in [0, 0.05) is 38.6 Å². The van der Waals surface area contributed by atoms with E-state index >= 15 is 0 Å². The second-order valence-electron chi connectivity index (χ2n) is 8.24. The van der Waals surface area contributed by atoms with Gasteiger partial charge in [0.15, 0.2) is 0 Å². The fraction of sp³-hybridized carbons (Fsp3) is 0.440. The Bertz CT molecular complexity index is 759. The molecular weight excluding hydrogens is 344 g/mol. The van der Waals surface area contributed by atoms with E-state index in [2.05, 4.69) is 83.6 Å². The molecule has 0 N–H and O–H groups in total. The van der Waals surface area contributed by atoms with Crippen LogP contribution in [-0.4, -0.2) is 48.6 Å². The third kappa shape index (κ3) is 5.24. The lowest BCUT2D eigenvalue weighted by atomic mass is 9.95. The van der Waals surface area contributed by atoms with Crippen LogP contribution in [0.2, 0.25) is 0 Å². The molecule has 2 atom stereocenters. The van der Waals surface area contributed by atoms with Crippen LogP contribution in [-0.2, 0) is 17.7 Å². The van der Waals surface area contributed by atoms with Crippen molar-refractivity contribution in [3.8, 4) is 0 Å². The topological polar surface area (TPSA) is 15.7 Å². The third-order valence-corrected chi connectivity index (χ3v) is 6.07. The van der Waals surface area contributed by atoms with Crippen LogP contribution in [0.4, 0.5) is 0 Å². The van der Waals surface area contributed by atoms with Crippen molar-refractivity contribution < 1.29 is 4.74 Å². The molecule has 148 valence electrons. The van der Waals surface area contributed by atoms with E-state index in [0.29, 0.717) is 12.1 Å². The highest BCUT2D eigenvalue weighted by atomic mass is 16.5. The zero-order valence-corrected chi connectivity index (χ0v) is 17.0. The number of likely N-dealkylation sites (tertiary alicyclic amines) is 1. The van der Waals surface area contributed by atoms with Crippen molar-refractivity contribution in [2.75, 3.05) is 26.7 Å². The van der Waals surface area contributed by atoms with Crippen molar-refractivity contribution in [1.29, 1.82) is 0 Å². The molecule has 0 aromatic heterocycles. The molecule has 3 heteroatoms. The number of rotatable bonds is 6. The van der Waals surface area contributed by atoms with Crippen LogP contribution in [0, 0.1) is 0 Å². The second kappa shape index (κ2) is 9.40. The van der Waals surface area contributed by atoms with Crippen LogP contribution in [0.3, 0.4) is 0 Å². The summed E-state index contributed by atoms with van der Waals surface area (Å²) in [5.41, 5.74) is 2.82. The summed E-state index contributed by atoms with van der Waals surface area (Å²) in [6.07, 6.45) is 7.17. The van der Waals surface area contributed by atoms with Crippen LogP contribution in [0.5, 0.6) is 0 Å². The van der Waals surface area contributed by atoms with E-state index in [-0.39, 0.29) is 0 Å². The van der Waals surface area contributed by atoms with Gasteiger partial charge >= 0.3 is 0 Å². The summed E-state index contributed by atoms with van der Waals surface area (Å²) in [6.45, 7) is 4.13. The van der Waals surface area contributed by atoms with Crippen molar-refractivity contribution in [3.63, 3.8) is 0 Å². The fourth-order valence-corrected chi connectivity index (χ4v) is 4.40. The molecule has 3 nitrogen and oxygen atoms in total. The molecule has 0 spiro atoms. The van der Waals surface area contributed by atoms with Crippen LogP contribution < -0.4 is 0 Å². The number of likely N-dealkylation sites (N-methyl/N-ethyl adjacent to an activating group) is 1. The van der Waals surface area contributed by atoms with Crippen molar-refractivity contribution in [2.45, 2.75) is 44.4 Å². The highest BCUT2D eigenvalue weighted by Gasteiger charge is 2.27. The van der Waals surface area contributed by atoms with E-state index in [1.807, 2.05) is 0 Å². The molecule has 28 heavy (non-hydrogen) atoms. The lowest BCUT2D eigenvalue weighted by Crippen LogP contribution is -2.45. The van der Waals surface area contributed by atoms with Crippen LogP contribution >= 0.6 is 0 Å². The standard InChI is InChI=1S/C25H32N2O/c1-26-20-25(13-12-23(26)18-21-8-4-2-5-9-21)28-24-14-16-27(17-15-24)19-22-10-6-3-7-11-22/h2-11,14,23,25H,12-13,15-20H2,1H3. The molecule has 0 bridgehead atoms. The first-order valence-electron chi connectivity index (χ1n) is 10.6. The minimum Gasteiger partial charge on any atom is -0.494 e. The van der Waals surface area contributed by atoms with Gasteiger partial charge in [-0.15, -0.1) is 0 Å². The molecule has 2 aliphatic heterocycles. The molecule has 1 saturated heterocycles. The number of benzene rings is 2. The smallest absolute Gasteiger partial charge is 0.111 e. The first-order chi connectivity index (χ1) is 13.8. The van der Waals surface area contributed by atoms with Crippen LogP contribution in [0.15, 0.2) is 72.5 Å². The highest BCUT2D eigenvalue weighted by Crippen LogP contribution is 2.25. The van der Waals surface area contributed by atoms with Gasteiger partial charge in [0.2, 0.25) is 0 Å². The van der Waals surface area contributed by atoms with Crippen LogP contribution in [0.1, 0.15) is 30.4 Å². The highest BCUT2D eigenvalue weighted by molar-refractivity contribution is 5.17. The molecule has 2 heterocycles. The fourth-order valence-electron chi connectivity index (χ4n) is 4.40. The molecule has 2 aromatic carbocycles. The Balaban J connectivity index is 1.23. The van der Waals surface area contributed by atoms with E-state index in [0.717, 1.165) is 45.4 Å². The quantitative estimate of drug-likeness (QED) is 0.738. The van der Waals surface area contributed by atoms with E-state index in [4.69, 9.17) is 4.74 Å². The van der Waals surface area contributed by atoms with Gasteiger partial charge in [-0.3, -0.25) is 9.80 Å². The largest absolute Gasteiger partial charge is 0.494 e. The summed E-state index contributed by atoms with van der Waals surface area (Å²) < 4.78 is 6.39. The monoisotopic (exact) mass is 376 g/mol. The molecule has 2 aromatic rings. The van der Waals surface area contributed by atoms with E-state index in [1.165, 1.54) is 23.3 Å². The molecule has 2 unspecified atom stereocenters. The minimum atomic E-state index is 0.337. The van der Waals surface area contributed by atoms with Crippen LogP contribution in [0.25, 0.3) is 0 Å². The van der Waals surface area contributed by atoms with Gasteiger partial charge < -0.3 is 4.74 Å². The number of ether oxygens (including phenoxy) is 1. The summed E-state index contributed by atoms with van der Waals surface area (Å²) >= 11 is 0. The summed E-state index contributed by atoms with van der Waals surface area (Å²) in [5, 5.41) is 0. The van der Waals surface area contributed by atoms with Crippen molar-refractivity contribution in [1.82, 2.24) is 9.80 Å². The SMILES string of the molecule is CN1CC(OC2=CCN(Cc3ccccc3)CC2)CCC1Cc1ccccc1. The van der Waals surface area contributed by atoms with E-state index in [1.54, 1.807) is 0 Å². The summed E-state index contributed by atoms with van der Waals surface area (Å²) in [6, 6.07) is 22.2. The van der Waals surface area contributed by atoms with Gasteiger partial charge in [-0.1, -0.05) is 60.7 Å². The number of nitrogens with zero attached hydrogens (tertiary/aromatic N) is 2. The normalized spacial score (nSPS) is 24.0. The maximum Gasteiger partial charge on any atom is 0.111 e. The molecule has 1 fully saturated rings. The molecular formula is C25H32N2O. The second-order valence-corrected chi connectivity index (χ2v) is 8.24. The van der Waals surface area contributed by atoms with Crippen molar-refractivity contribution in [2.24, 2.45) is 0 Å². The average molecular weight is 377 g/mol. The predicted molar refractivity (Wildman–Crippen MR) is 115 cm³/mol. The van der Waals surface area contributed by atoms with Gasteiger partial charge in [-0.05, 0) is 43.5 Å². The molecule has 0 saturated carbocycles. The number of hydrogen-bond donors (Lipinski definition) is 0. The lowest BCUT2D eigenvalue weighted by Gasteiger charge is -2.38. The van der Waals surface area contributed by atoms with Gasteiger partial charge in [0.1, 0.15) is 6.10 Å². The van der Waals surface area contributed by atoms with Gasteiger partial charge in [-0.25, -0.2) is 0 Å². The molecule has 2 aliphatic rings. The first kappa shape index (κ1) is 19.2. The average Bonchev–Trinajstić information content (AvgIpc) is 2.73. The van der Waals surface area contributed by atoms with E-state index < -0.39 is 0 Å². The van der Waals surface area contributed by atoms with Gasteiger partial charge in [0.05, 0.1) is 5.76 Å². The van der Waals surface area contributed by atoms with E-state index in [9.17, 15) is 0 Å². The Kier molecular flexibility index (Phi) is 6.45. The minimum absolute atomic E-state index is 0.337. The summed E-state index contributed by atoms with van der Waals surface area (Å²) in [4.78, 5) is 4.98. The Hall–Kier alpha value is -2.10. The zero-order valence-electron chi connectivity index (χ0n) is 17.0. The molecule has 4 rings (SSSR count). The maximum atomic E-state index is 6.39. The number of piperidine rings is 1. The Labute approximate surface area is 169 Å². The number of hydrogen-bond acceptors (Lipinski definition) is 3. The van der Waals surface area contributed by atoms with Crippen molar-refractivity contribution in [3.05, 3.63) is 83.6 Å². The predicted octanol–water partition coefficient (Wildman–Crippen LogP) is 4.50. The summed E-state index contributed by atoms with van der Waals surface area (Å²) in [7, 11) is 2.25. The third-order valence-electron chi connectivity index (χ3n) is 6.07. The first-order valence-corrected chi connectivity index (χ1v) is 10.6. The molecule has 0 aliphatic carbocycles. The zero-order chi connectivity index (χ0) is 19.2. The Morgan fingerprint density at radius 1 is 0.929 bits per heavy atom. The Morgan fingerprint density at radius 2 is 1.64 bits per heavy atom. The van der Waals surface area contributed by atoms with Gasteiger partial charge in [0.25, 0.3) is 0 Å².